The van der Waals surface area contributed by atoms with Crippen LogP contribution in [0.3, 0.4) is 0 Å². The van der Waals surface area contributed by atoms with Crippen molar-refractivity contribution in [2.45, 2.75) is 19.4 Å². The maximum atomic E-state index is 3.31. The normalized spacial score (nSPS) is 14.1. The molecule has 0 aliphatic rings. The Kier molecular flexibility index (Phi) is 7.23. The molecule has 13 heavy (non-hydrogen) atoms. The number of likely N-dealkylation sites (N-methyl/N-ethyl adjacent to an activating group) is 3. The Morgan fingerprint density at radius 2 is 1.77 bits per heavy atom. The van der Waals surface area contributed by atoms with Gasteiger partial charge in [-0.25, -0.2) is 0 Å². The summed E-state index contributed by atoms with van der Waals surface area (Å²) in [7, 11) is 8.45. The summed E-state index contributed by atoms with van der Waals surface area (Å²) < 4.78 is 0. The average Bonchev–Trinajstić information content (AvgIpc) is 2.10. The van der Waals surface area contributed by atoms with E-state index in [1.807, 2.05) is 7.05 Å². The third-order valence-corrected chi connectivity index (χ3v) is 2.36. The lowest BCUT2D eigenvalue weighted by atomic mass is 10.2. The molecule has 1 unspecified atom stereocenters. The van der Waals surface area contributed by atoms with Gasteiger partial charge in [0.25, 0.3) is 0 Å². The van der Waals surface area contributed by atoms with Crippen LogP contribution in [0.4, 0.5) is 0 Å². The zero-order chi connectivity index (χ0) is 10.3. The molecule has 0 rings (SSSR count). The second kappa shape index (κ2) is 7.30. The fourth-order valence-electron chi connectivity index (χ4n) is 1.26. The van der Waals surface area contributed by atoms with Gasteiger partial charge in [0.2, 0.25) is 0 Å². The van der Waals surface area contributed by atoms with Crippen molar-refractivity contribution in [3.05, 3.63) is 0 Å². The van der Waals surface area contributed by atoms with Gasteiger partial charge in [0.15, 0.2) is 0 Å². The van der Waals surface area contributed by atoms with Gasteiger partial charge in [0.1, 0.15) is 0 Å². The zero-order valence-corrected chi connectivity index (χ0v) is 9.80. The van der Waals surface area contributed by atoms with Crippen LogP contribution in [0.25, 0.3) is 0 Å². The van der Waals surface area contributed by atoms with Gasteiger partial charge in [-0.05, 0) is 34.6 Å². The van der Waals surface area contributed by atoms with Crippen molar-refractivity contribution >= 4 is 0 Å². The van der Waals surface area contributed by atoms with Gasteiger partial charge in [-0.1, -0.05) is 6.92 Å². The topological polar surface area (TPSA) is 18.5 Å². The summed E-state index contributed by atoms with van der Waals surface area (Å²) in [6, 6.07) is 0.632. The molecule has 0 heterocycles. The van der Waals surface area contributed by atoms with E-state index in [1.54, 1.807) is 0 Å². The molecule has 3 nitrogen and oxygen atoms in total. The molecule has 0 saturated carbocycles. The van der Waals surface area contributed by atoms with Gasteiger partial charge in [-0.2, -0.15) is 0 Å². The Morgan fingerprint density at radius 3 is 2.15 bits per heavy atom. The molecule has 0 aliphatic heterocycles. The summed E-state index contributed by atoms with van der Waals surface area (Å²) in [6.07, 6.45) is 1.20. The first-order valence-corrected chi connectivity index (χ1v) is 5.10. The first-order valence-electron chi connectivity index (χ1n) is 5.10. The second-order valence-corrected chi connectivity index (χ2v) is 3.96. The molecular weight excluding hydrogens is 162 g/mol. The molecule has 0 bridgehead atoms. The van der Waals surface area contributed by atoms with E-state index in [0.717, 1.165) is 19.6 Å². The molecule has 0 fully saturated rings. The van der Waals surface area contributed by atoms with Crippen molar-refractivity contribution in [1.82, 2.24) is 15.1 Å². The molecule has 0 radical (unpaired) electrons. The summed E-state index contributed by atoms with van der Waals surface area (Å²) in [5.41, 5.74) is 0. The maximum Gasteiger partial charge on any atom is 0.0189 e. The third kappa shape index (κ3) is 6.99. The van der Waals surface area contributed by atoms with E-state index in [-0.39, 0.29) is 0 Å². The predicted molar refractivity (Wildman–Crippen MR) is 59.2 cm³/mol. The van der Waals surface area contributed by atoms with E-state index in [0.29, 0.717) is 6.04 Å². The van der Waals surface area contributed by atoms with Crippen LogP contribution in [0.2, 0.25) is 0 Å². The van der Waals surface area contributed by atoms with Crippen LogP contribution in [0.5, 0.6) is 0 Å². The standard InChI is InChI=1S/C10H25N3/c1-6-10(11-2)9-13(5)8-7-12(3)4/h10-11H,6-9H2,1-5H3. The first kappa shape index (κ1) is 12.9. The van der Waals surface area contributed by atoms with Crippen molar-refractivity contribution in [2.75, 3.05) is 47.8 Å². The fraction of sp³-hybridized carbons (Fsp3) is 1.00. The summed E-state index contributed by atoms with van der Waals surface area (Å²) in [5.74, 6) is 0. The Morgan fingerprint density at radius 1 is 1.15 bits per heavy atom. The van der Waals surface area contributed by atoms with E-state index < -0.39 is 0 Å². The highest BCUT2D eigenvalue weighted by Crippen LogP contribution is 1.93. The van der Waals surface area contributed by atoms with Crippen LogP contribution in [0.1, 0.15) is 13.3 Å². The summed E-state index contributed by atoms with van der Waals surface area (Å²) in [4.78, 5) is 4.60. The van der Waals surface area contributed by atoms with Gasteiger partial charge in [0, 0.05) is 25.7 Å². The van der Waals surface area contributed by atoms with Crippen LogP contribution >= 0.6 is 0 Å². The molecule has 0 aromatic rings. The van der Waals surface area contributed by atoms with Crippen molar-refractivity contribution in [1.29, 1.82) is 0 Å². The predicted octanol–water partition coefficient (Wildman–Crippen LogP) is 0.478. The second-order valence-electron chi connectivity index (χ2n) is 3.96. The van der Waals surface area contributed by atoms with E-state index in [9.17, 15) is 0 Å². The van der Waals surface area contributed by atoms with Crippen molar-refractivity contribution in [2.24, 2.45) is 0 Å². The lowest BCUT2D eigenvalue weighted by molar-refractivity contribution is 0.257. The molecule has 0 aromatic heterocycles. The largest absolute Gasteiger partial charge is 0.316 e. The highest BCUT2D eigenvalue weighted by atomic mass is 15.2. The highest BCUT2D eigenvalue weighted by molar-refractivity contribution is 4.67. The van der Waals surface area contributed by atoms with E-state index in [1.165, 1.54) is 6.42 Å². The monoisotopic (exact) mass is 187 g/mol. The van der Waals surface area contributed by atoms with Crippen molar-refractivity contribution < 1.29 is 0 Å². The number of hydrogen-bond acceptors (Lipinski definition) is 3. The zero-order valence-electron chi connectivity index (χ0n) is 9.80. The quantitative estimate of drug-likeness (QED) is 0.625. The van der Waals surface area contributed by atoms with Crippen LogP contribution in [0, 0.1) is 0 Å². The van der Waals surface area contributed by atoms with Crippen LogP contribution in [-0.2, 0) is 0 Å². The van der Waals surface area contributed by atoms with Crippen LogP contribution < -0.4 is 5.32 Å². The maximum absolute atomic E-state index is 3.31. The molecular formula is C10H25N3. The van der Waals surface area contributed by atoms with Crippen LogP contribution in [-0.4, -0.2) is 63.7 Å². The molecule has 80 valence electrons. The van der Waals surface area contributed by atoms with Crippen molar-refractivity contribution in [3.63, 3.8) is 0 Å². The molecule has 0 spiro atoms. The first-order chi connectivity index (χ1) is 6.10. The lowest BCUT2D eigenvalue weighted by Crippen LogP contribution is -2.39. The van der Waals surface area contributed by atoms with Gasteiger partial charge < -0.3 is 15.1 Å². The Balaban J connectivity index is 3.53. The van der Waals surface area contributed by atoms with Gasteiger partial charge >= 0.3 is 0 Å². The third-order valence-electron chi connectivity index (χ3n) is 2.36. The molecule has 1 N–H and O–H groups in total. The Hall–Kier alpha value is -0.120. The number of hydrogen-bond donors (Lipinski definition) is 1. The smallest absolute Gasteiger partial charge is 0.0189 e. The molecule has 0 saturated heterocycles. The SMILES string of the molecule is CCC(CN(C)CCN(C)C)NC. The summed E-state index contributed by atoms with van der Waals surface area (Å²) >= 11 is 0. The van der Waals surface area contributed by atoms with Crippen LogP contribution in [0.15, 0.2) is 0 Å². The van der Waals surface area contributed by atoms with Gasteiger partial charge in [-0.15, -0.1) is 0 Å². The number of nitrogens with one attached hydrogen (secondary N) is 1. The fourth-order valence-corrected chi connectivity index (χ4v) is 1.26. The minimum Gasteiger partial charge on any atom is -0.316 e. The molecule has 0 aromatic carbocycles. The average molecular weight is 187 g/mol. The highest BCUT2D eigenvalue weighted by Gasteiger charge is 2.06. The summed E-state index contributed by atoms with van der Waals surface area (Å²) in [6.45, 7) is 5.64. The molecule has 0 aliphatic carbocycles. The van der Waals surface area contributed by atoms with Gasteiger partial charge in [0.05, 0.1) is 0 Å². The summed E-state index contributed by atoms with van der Waals surface area (Å²) in [5, 5.41) is 3.31. The minimum atomic E-state index is 0.632. The molecule has 0 amide bonds. The van der Waals surface area contributed by atoms with E-state index >= 15 is 0 Å². The number of rotatable bonds is 7. The molecule has 1 atom stereocenters. The van der Waals surface area contributed by atoms with Gasteiger partial charge in [-0.3, -0.25) is 0 Å². The minimum absolute atomic E-state index is 0.632. The lowest BCUT2D eigenvalue weighted by Gasteiger charge is -2.24. The number of nitrogens with zero attached hydrogens (tertiary/aromatic N) is 2. The Bertz CT molecular complexity index is 111. The Labute approximate surface area is 83.1 Å². The van der Waals surface area contributed by atoms with E-state index in [2.05, 4.69) is 43.2 Å². The molecule has 3 heteroatoms. The van der Waals surface area contributed by atoms with E-state index in [4.69, 9.17) is 0 Å². The van der Waals surface area contributed by atoms with Crippen molar-refractivity contribution in [3.8, 4) is 0 Å².